The van der Waals surface area contributed by atoms with Gasteiger partial charge in [-0.05, 0) is 18.2 Å². The van der Waals surface area contributed by atoms with Gasteiger partial charge in [0.05, 0.1) is 13.1 Å². The molecule has 12 heavy (non-hydrogen) atoms. The molecule has 0 atom stereocenters. The number of rotatable bonds is 2. The molecule has 64 valence electrons. The highest BCUT2D eigenvalue weighted by Gasteiger charge is 1.99. The summed E-state index contributed by atoms with van der Waals surface area (Å²) in [5.41, 5.74) is 0.0984. The SMILES string of the molecule is COc1cc(Br)cc(C(=O)[O-])c1. The predicted molar refractivity (Wildman–Crippen MR) is 45.0 cm³/mol. The van der Waals surface area contributed by atoms with Crippen molar-refractivity contribution < 1.29 is 14.6 Å². The van der Waals surface area contributed by atoms with E-state index >= 15 is 0 Å². The third-order valence-corrected chi connectivity index (χ3v) is 1.80. The van der Waals surface area contributed by atoms with Gasteiger partial charge in [0.25, 0.3) is 0 Å². The molecule has 0 heterocycles. The first-order chi connectivity index (χ1) is 5.63. The lowest BCUT2D eigenvalue weighted by molar-refractivity contribution is -0.255. The maximum absolute atomic E-state index is 10.4. The number of carbonyl (C=O) groups is 1. The first-order valence-corrected chi connectivity index (χ1v) is 3.98. The molecular weight excluding hydrogens is 224 g/mol. The highest BCUT2D eigenvalue weighted by Crippen LogP contribution is 2.20. The number of carboxylic acid groups (broad SMARTS) is 1. The molecule has 1 rings (SSSR count). The zero-order valence-corrected chi connectivity index (χ0v) is 7.92. The second kappa shape index (κ2) is 3.58. The smallest absolute Gasteiger partial charge is 0.120 e. The second-order valence-electron chi connectivity index (χ2n) is 2.17. The van der Waals surface area contributed by atoms with Crippen LogP contribution < -0.4 is 9.84 Å². The van der Waals surface area contributed by atoms with Gasteiger partial charge in [-0.15, -0.1) is 0 Å². The maximum atomic E-state index is 10.4. The first kappa shape index (κ1) is 9.06. The van der Waals surface area contributed by atoms with Crippen molar-refractivity contribution in [2.75, 3.05) is 7.11 Å². The Hall–Kier alpha value is -1.03. The summed E-state index contributed by atoms with van der Waals surface area (Å²) in [5, 5.41) is 10.4. The Morgan fingerprint density at radius 3 is 2.67 bits per heavy atom. The minimum absolute atomic E-state index is 0.0984. The van der Waals surface area contributed by atoms with Crippen molar-refractivity contribution >= 4 is 21.9 Å². The van der Waals surface area contributed by atoms with Crippen LogP contribution in [-0.4, -0.2) is 13.1 Å². The molecule has 0 saturated carbocycles. The summed E-state index contributed by atoms with van der Waals surface area (Å²) in [6, 6.07) is 4.53. The van der Waals surface area contributed by atoms with E-state index in [0.29, 0.717) is 10.2 Å². The zero-order chi connectivity index (χ0) is 9.14. The number of methoxy groups -OCH3 is 1. The summed E-state index contributed by atoms with van der Waals surface area (Å²) in [6.45, 7) is 0. The molecule has 0 amide bonds. The van der Waals surface area contributed by atoms with Crippen LogP contribution in [0.3, 0.4) is 0 Å². The Bertz CT molecular complexity index is 309. The van der Waals surface area contributed by atoms with Crippen LogP contribution in [0, 0.1) is 0 Å². The molecule has 0 radical (unpaired) electrons. The average Bonchev–Trinajstić information content (AvgIpc) is 2.03. The summed E-state index contributed by atoms with van der Waals surface area (Å²) >= 11 is 3.15. The molecule has 0 aliphatic carbocycles. The van der Waals surface area contributed by atoms with Crippen LogP contribution >= 0.6 is 15.9 Å². The highest BCUT2D eigenvalue weighted by molar-refractivity contribution is 9.10. The average molecular weight is 230 g/mol. The molecule has 0 aliphatic heterocycles. The maximum Gasteiger partial charge on any atom is 0.120 e. The van der Waals surface area contributed by atoms with Crippen molar-refractivity contribution in [3.63, 3.8) is 0 Å². The van der Waals surface area contributed by atoms with Gasteiger partial charge in [-0.3, -0.25) is 0 Å². The number of halogens is 1. The van der Waals surface area contributed by atoms with Gasteiger partial charge in [0.2, 0.25) is 0 Å². The number of hydrogen-bond donors (Lipinski definition) is 0. The van der Waals surface area contributed by atoms with Crippen LogP contribution in [0.4, 0.5) is 0 Å². The van der Waals surface area contributed by atoms with E-state index < -0.39 is 5.97 Å². The molecule has 0 aliphatic rings. The molecule has 0 aromatic heterocycles. The van der Waals surface area contributed by atoms with Gasteiger partial charge >= 0.3 is 0 Å². The van der Waals surface area contributed by atoms with Gasteiger partial charge in [0, 0.05) is 10.0 Å². The Morgan fingerprint density at radius 2 is 2.17 bits per heavy atom. The van der Waals surface area contributed by atoms with E-state index in [1.807, 2.05) is 0 Å². The number of hydrogen-bond acceptors (Lipinski definition) is 3. The van der Waals surface area contributed by atoms with E-state index in [1.54, 1.807) is 6.07 Å². The largest absolute Gasteiger partial charge is 0.545 e. The Morgan fingerprint density at radius 1 is 1.50 bits per heavy atom. The number of carbonyl (C=O) groups excluding carboxylic acids is 1. The van der Waals surface area contributed by atoms with Gasteiger partial charge in [-0.2, -0.15) is 0 Å². The van der Waals surface area contributed by atoms with E-state index in [1.165, 1.54) is 19.2 Å². The molecule has 0 N–H and O–H groups in total. The van der Waals surface area contributed by atoms with Crippen LogP contribution in [0.25, 0.3) is 0 Å². The summed E-state index contributed by atoms with van der Waals surface area (Å²) < 4.78 is 5.52. The van der Waals surface area contributed by atoms with E-state index in [4.69, 9.17) is 4.74 Å². The highest BCUT2D eigenvalue weighted by atomic mass is 79.9. The number of aromatic carboxylic acids is 1. The van der Waals surface area contributed by atoms with Crippen molar-refractivity contribution in [1.82, 2.24) is 0 Å². The molecule has 0 saturated heterocycles. The van der Waals surface area contributed by atoms with Crippen LogP contribution in [-0.2, 0) is 0 Å². The number of ether oxygens (including phenoxy) is 1. The lowest BCUT2D eigenvalue weighted by Crippen LogP contribution is -2.22. The lowest BCUT2D eigenvalue weighted by atomic mass is 10.2. The van der Waals surface area contributed by atoms with Gasteiger partial charge in [0.1, 0.15) is 5.75 Å². The Labute approximate surface area is 78.1 Å². The van der Waals surface area contributed by atoms with Crippen LogP contribution in [0.1, 0.15) is 10.4 Å². The third kappa shape index (κ3) is 1.98. The molecule has 0 bridgehead atoms. The molecule has 4 heteroatoms. The zero-order valence-electron chi connectivity index (χ0n) is 6.33. The summed E-state index contributed by atoms with van der Waals surface area (Å²) in [5.74, 6) is -0.724. The number of benzene rings is 1. The molecule has 3 nitrogen and oxygen atoms in total. The van der Waals surface area contributed by atoms with Crippen molar-refractivity contribution in [3.8, 4) is 5.75 Å². The normalized spacial score (nSPS) is 9.50. The van der Waals surface area contributed by atoms with Crippen LogP contribution in [0.15, 0.2) is 22.7 Å². The predicted octanol–water partition coefficient (Wildman–Crippen LogP) is 0.821. The van der Waals surface area contributed by atoms with Crippen molar-refractivity contribution in [1.29, 1.82) is 0 Å². The van der Waals surface area contributed by atoms with E-state index in [2.05, 4.69) is 15.9 Å². The molecule has 1 aromatic rings. The number of carboxylic acids is 1. The first-order valence-electron chi connectivity index (χ1n) is 3.19. The summed E-state index contributed by atoms with van der Waals surface area (Å²) in [4.78, 5) is 10.4. The third-order valence-electron chi connectivity index (χ3n) is 1.34. The fraction of sp³-hybridized carbons (Fsp3) is 0.125. The molecular formula is C8H6BrO3-. The monoisotopic (exact) mass is 229 g/mol. The Kier molecular flexibility index (Phi) is 2.70. The van der Waals surface area contributed by atoms with Gasteiger partial charge in [0.15, 0.2) is 0 Å². The molecule has 0 unspecified atom stereocenters. The topological polar surface area (TPSA) is 49.4 Å². The summed E-state index contributed by atoms with van der Waals surface area (Å²) in [6.07, 6.45) is 0. The summed E-state index contributed by atoms with van der Waals surface area (Å²) in [7, 11) is 1.47. The standard InChI is InChI=1S/C8H7BrO3/c1-12-7-3-5(8(10)11)2-6(9)4-7/h2-4H,1H3,(H,10,11)/p-1. The quantitative estimate of drug-likeness (QED) is 0.755. The van der Waals surface area contributed by atoms with Crippen molar-refractivity contribution in [3.05, 3.63) is 28.2 Å². The van der Waals surface area contributed by atoms with E-state index in [9.17, 15) is 9.90 Å². The van der Waals surface area contributed by atoms with Crippen LogP contribution in [0.2, 0.25) is 0 Å². The second-order valence-corrected chi connectivity index (χ2v) is 3.08. The molecule has 0 spiro atoms. The minimum atomic E-state index is -1.21. The molecule has 1 aromatic carbocycles. The fourth-order valence-corrected chi connectivity index (χ4v) is 1.27. The van der Waals surface area contributed by atoms with Gasteiger partial charge < -0.3 is 14.6 Å². The lowest BCUT2D eigenvalue weighted by Gasteiger charge is -2.05. The van der Waals surface area contributed by atoms with E-state index in [-0.39, 0.29) is 5.56 Å². The molecule has 0 fully saturated rings. The Balaban J connectivity index is 3.15. The van der Waals surface area contributed by atoms with Crippen molar-refractivity contribution in [2.45, 2.75) is 0 Å². The fourth-order valence-electron chi connectivity index (χ4n) is 0.798. The van der Waals surface area contributed by atoms with E-state index in [0.717, 1.165) is 0 Å². The van der Waals surface area contributed by atoms with Gasteiger partial charge in [-0.25, -0.2) is 0 Å². The van der Waals surface area contributed by atoms with Crippen molar-refractivity contribution in [2.24, 2.45) is 0 Å². The minimum Gasteiger partial charge on any atom is -0.545 e. The van der Waals surface area contributed by atoms with Crippen LogP contribution in [0.5, 0.6) is 5.75 Å². The van der Waals surface area contributed by atoms with Gasteiger partial charge in [-0.1, -0.05) is 15.9 Å².